The van der Waals surface area contributed by atoms with E-state index in [2.05, 4.69) is 5.32 Å². The predicted molar refractivity (Wildman–Crippen MR) is 167 cm³/mol. The van der Waals surface area contributed by atoms with Gasteiger partial charge in [0.15, 0.2) is 0 Å². The van der Waals surface area contributed by atoms with Crippen LogP contribution in [0.25, 0.3) is 0 Å². The first-order valence-electron chi connectivity index (χ1n) is 13.5. The smallest absolute Gasteiger partial charge is 0.244 e. The molecule has 2 amide bonds. The van der Waals surface area contributed by atoms with Gasteiger partial charge in [0.2, 0.25) is 21.8 Å². The van der Waals surface area contributed by atoms with E-state index in [0.717, 1.165) is 40.1 Å². The third-order valence-corrected chi connectivity index (χ3v) is 8.64. The van der Waals surface area contributed by atoms with Gasteiger partial charge in [0.1, 0.15) is 12.6 Å². The zero-order valence-corrected chi connectivity index (χ0v) is 26.2. The molecule has 3 aromatic carbocycles. The second kappa shape index (κ2) is 14.7. The van der Waals surface area contributed by atoms with Gasteiger partial charge in [0, 0.05) is 29.6 Å². The van der Waals surface area contributed by atoms with Crippen molar-refractivity contribution in [3.63, 3.8) is 0 Å². The van der Waals surface area contributed by atoms with Crippen LogP contribution in [0.4, 0.5) is 5.69 Å². The highest BCUT2D eigenvalue weighted by Gasteiger charge is 2.33. The molecule has 0 heterocycles. The molecule has 0 saturated heterocycles. The zero-order chi connectivity index (χ0) is 30.2. The number of carbonyl (C=O) groups excluding carboxylic acids is 2. The highest BCUT2D eigenvalue weighted by atomic mass is 35.5. The van der Waals surface area contributed by atoms with Gasteiger partial charge in [-0.15, -0.1) is 0 Å². The molecule has 1 N–H and O–H groups in total. The van der Waals surface area contributed by atoms with Crippen molar-refractivity contribution in [1.29, 1.82) is 0 Å². The first kappa shape index (κ1) is 32.4. The van der Waals surface area contributed by atoms with E-state index in [-0.39, 0.29) is 18.9 Å². The molecule has 0 radical (unpaired) electrons. The fraction of sp³-hybridized carbons (Fsp3) is 0.355. The second-order valence-corrected chi connectivity index (χ2v) is 12.9. The number of nitrogens with zero attached hydrogens (tertiary/aromatic N) is 2. The molecule has 1 atom stereocenters. The van der Waals surface area contributed by atoms with Gasteiger partial charge in [-0.2, -0.15) is 0 Å². The van der Waals surface area contributed by atoms with Crippen molar-refractivity contribution < 1.29 is 18.0 Å². The van der Waals surface area contributed by atoms with Gasteiger partial charge in [0.25, 0.3) is 0 Å². The standard InChI is InChI=1S/C31H37Cl2N3O4S/c1-5-6-16-34-31(38)29(18-24-10-8-7-9-11-24)35(20-25-13-14-26(32)19-28(25)33)30(37)21-36(41(4,39)40)27-15-12-22(2)23(3)17-27/h7-15,17,19,29H,5-6,16,18,20-21H2,1-4H3,(H,34,38). The number of halogens is 2. The molecule has 10 heteroatoms. The average molecular weight is 619 g/mol. The van der Waals surface area contributed by atoms with Crippen LogP contribution in [0.3, 0.4) is 0 Å². The molecule has 1 unspecified atom stereocenters. The Morgan fingerprint density at radius 1 is 0.951 bits per heavy atom. The Balaban J connectivity index is 2.07. The maximum Gasteiger partial charge on any atom is 0.244 e. The lowest BCUT2D eigenvalue weighted by Crippen LogP contribution is -2.53. The Hall–Kier alpha value is -3.07. The van der Waals surface area contributed by atoms with Gasteiger partial charge in [0.05, 0.1) is 11.9 Å². The van der Waals surface area contributed by atoms with Crippen LogP contribution in [0.2, 0.25) is 10.0 Å². The minimum Gasteiger partial charge on any atom is -0.354 e. The number of benzene rings is 3. The van der Waals surface area contributed by atoms with Crippen molar-refractivity contribution in [2.45, 2.75) is 52.6 Å². The van der Waals surface area contributed by atoms with Crippen molar-refractivity contribution in [2.75, 3.05) is 23.7 Å². The number of carbonyl (C=O) groups is 2. The maximum absolute atomic E-state index is 14.1. The molecule has 0 spiro atoms. The van der Waals surface area contributed by atoms with Crippen LogP contribution < -0.4 is 9.62 Å². The predicted octanol–water partition coefficient (Wildman–Crippen LogP) is 5.93. The van der Waals surface area contributed by atoms with Crippen molar-refractivity contribution in [1.82, 2.24) is 10.2 Å². The zero-order valence-electron chi connectivity index (χ0n) is 23.9. The summed E-state index contributed by atoms with van der Waals surface area (Å²) in [7, 11) is -3.84. The van der Waals surface area contributed by atoms with Crippen LogP contribution in [0.1, 0.15) is 42.0 Å². The van der Waals surface area contributed by atoms with E-state index in [0.29, 0.717) is 27.8 Å². The topological polar surface area (TPSA) is 86.8 Å². The lowest BCUT2D eigenvalue weighted by molar-refractivity contribution is -0.140. The van der Waals surface area contributed by atoms with Gasteiger partial charge < -0.3 is 10.2 Å². The lowest BCUT2D eigenvalue weighted by atomic mass is 10.0. The molecule has 0 fully saturated rings. The van der Waals surface area contributed by atoms with Crippen molar-refractivity contribution >= 4 is 50.7 Å². The molecule has 220 valence electrons. The summed E-state index contributed by atoms with van der Waals surface area (Å²) in [5.41, 5.74) is 3.71. The van der Waals surface area contributed by atoms with Crippen molar-refractivity contribution in [2.24, 2.45) is 0 Å². The molecular weight excluding hydrogens is 581 g/mol. The summed E-state index contributed by atoms with van der Waals surface area (Å²) in [6.45, 7) is 5.80. The fourth-order valence-corrected chi connectivity index (χ4v) is 5.70. The van der Waals surface area contributed by atoms with E-state index in [1.807, 2.05) is 57.2 Å². The van der Waals surface area contributed by atoms with Crippen LogP contribution in [0, 0.1) is 13.8 Å². The minimum atomic E-state index is -3.84. The van der Waals surface area contributed by atoms with Crippen LogP contribution >= 0.6 is 23.2 Å². The van der Waals surface area contributed by atoms with E-state index in [9.17, 15) is 18.0 Å². The van der Waals surface area contributed by atoms with Crippen molar-refractivity contribution in [3.05, 3.63) is 99.0 Å². The number of sulfonamides is 1. The molecule has 0 saturated carbocycles. The van der Waals surface area contributed by atoms with Gasteiger partial charge in [-0.25, -0.2) is 8.42 Å². The molecular formula is C31H37Cl2N3O4S. The number of amides is 2. The molecule has 3 aromatic rings. The lowest BCUT2D eigenvalue weighted by Gasteiger charge is -2.33. The Bertz CT molecular complexity index is 1470. The van der Waals surface area contributed by atoms with Crippen LogP contribution in [0.15, 0.2) is 66.7 Å². The quantitative estimate of drug-likeness (QED) is 0.241. The summed E-state index contributed by atoms with van der Waals surface area (Å²) in [6.07, 6.45) is 2.98. The van der Waals surface area contributed by atoms with Crippen LogP contribution in [0.5, 0.6) is 0 Å². The Labute approximate surface area is 253 Å². The van der Waals surface area contributed by atoms with E-state index in [4.69, 9.17) is 23.2 Å². The highest BCUT2D eigenvalue weighted by Crippen LogP contribution is 2.26. The summed E-state index contributed by atoms with van der Waals surface area (Å²) < 4.78 is 27.0. The van der Waals surface area contributed by atoms with Crippen LogP contribution in [-0.2, 0) is 32.6 Å². The largest absolute Gasteiger partial charge is 0.354 e. The molecule has 3 rings (SSSR count). The number of anilines is 1. The van der Waals surface area contributed by atoms with Gasteiger partial charge in [-0.05, 0) is 66.8 Å². The van der Waals surface area contributed by atoms with Gasteiger partial charge in [-0.3, -0.25) is 13.9 Å². The first-order valence-corrected chi connectivity index (χ1v) is 16.1. The highest BCUT2D eigenvalue weighted by molar-refractivity contribution is 7.92. The average Bonchev–Trinajstić information content (AvgIpc) is 2.92. The molecule has 0 bridgehead atoms. The van der Waals surface area contributed by atoms with E-state index >= 15 is 0 Å². The van der Waals surface area contributed by atoms with E-state index in [1.165, 1.54) is 4.90 Å². The molecule has 0 aliphatic rings. The number of aryl methyl sites for hydroxylation is 2. The Kier molecular flexibility index (Phi) is 11.6. The number of rotatable bonds is 13. The fourth-order valence-electron chi connectivity index (χ4n) is 4.39. The number of nitrogens with one attached hydrogen (secondary N) is 1. The second-order valence-electron chi connectivity index (χ2n) is 10.1. The Morgan fingerprint density at radius 3 is 2.27 bits per heavy atom. The number of hydrogen-bond acceptors (Lipinski definition) is 4. The summed E-state index contributed by atoms with van der Waals surface area (Å²) in [5.74, 6) is -0.857. The molecule has 0 aliphatic heterocycles. The molecule has 0 aliphatic carbocycles. The minimum absolute atomic E-state index is 0.0158. The molecule has 41 heavy (non-hydrogen) atoms. The monoisotopic (exact) mass is 617 g/mol. The third kappa shape index (κ3) is 9.21. The van der Waals surface area contributed by atoms with Gasteiger partial charge >= 0.3 is 0 Å². The SMILES string of the molecule is CCCCNC(=O)C(Cc1ccccc1)N(Cc1ccc(Cl)cc1Cl)C(=O)CN(c1ccc(C)c(C)c1)S(C)(=O)=O. The Morgan fingerprint density at radius 2 is 1.66 bits per heavy atom. The van der Waals surface area contributed by atoms with Gasteiger partial charge in [-0.1, -0.05) is 79.0 Å². The molecule has 7 nitrogen and oxygen atoms in total. The van der Waals surface area contributed by atoms with E-state index < -0.39 is 28.5 Å². The van der Waals surface area contributed by atoms with E-state index in [1.54, 1.807) is 30.3 Å². The maximum atomic E-state index is 14.1. The number of unbranched alkanes of at least 4 members (excludes halogenated alkanes) is 1. The summed E-state index contributed by atoms with van der Waals surface area (Å²) in [5, 5.41) is 3.74. The van der Waals surface area contributed by atoms with Crippen molar-refractivity contribution in [3.8, 4) is 0 Å². The first-order chi connectivity index (χ1) is 19.4. The summed E-state index contributed by atoms with van der Waals surface area (Å²) in [6, 6.07) is 18.7. The van der Waals surface area contributed by atoms with Crippen LogP contribution in [-0.4, -0.2) is 50.5 Å². The number of hydrogen-bond donors (Lipinski definition) is 1. The third-order valence-electron chi connectivity index (χ3n) is 6.91. The molecule has 0 aromatic heterocycles. The normalized spacial score (nSPS) is 12.0. The summed E-state index contributed by atoms with van der Waals surface area (Å²) in [4.78, 5) is 29.2. The summed E-state index contributed by atoms with van der Waals surface area (Å²) >= 11 is 12.6.